The molecule has 0 radical (unpaired) electrons. The molecule has 3 nitrogen and oxygen atoms in total. The van der Waals surface area contributed by atoms with Crippen molar-refractivity contribution >= 4 is 28.5 Å². The number of hydrogen-bond acceptors (Lipinski definition) is 3. The second-order valence-corrected chi connectivity index (χ2v) is 5.22. The number of rotatable bonds is 2. The Morgan fingerprint density at radius 3 is 1.27 bits per heavy atom. The summed E-state index contributed by atoms with van der Waals surface area (Å²) in [6.45, 7) is 0. The molecule has 0 bridgehead atoms. The zero-order chi connectivity index (χ0) is 15.5. The molecule has 0 saturated carbocycles. The Kier molecular flexibility index (Phi) is 3.79. The van der Waals surface area contributed by atoms with Gasteiger partial charge in [0.2, 0.25) is 11.6 Å². The van der Waals surface area contributed by atoms with E-state index in [0.717, 1.165) is 22.3 Å². The van der Waals surface area contributed by atoms with E-state index in [2.05, 4.69) is 0 Å². The predicted molar refractivity (Wildman–Crippen MR) is 84.0 cm³/mol. The number of allylic oxidation sites excluding steroid dienone is 2. The highest BCUT2D eigenvalue weighted by molar-refractivity contribution is 6.66. The SMILES string of the molecule is O=C1CC(c2ccccc2)=C(c2ccccc2)CC(=O)C1=O. The van der Waals surface area contributed by atoms with Crippen LogP contribution in [-0.4, -0.2) is 17.3 Å². The molecule has 0 aromatic heterocycles. The van der Waals surface area contributed by atoms with Gasteiger partial charge in [-0.2, -0.15) is 0 Å². The van der Waals surface area contributed by atoms with Gasteiger partial charge in [0.05, 0.1) is 0 Å². The Bertz CT molecular complexity index is 705. The summed E-state index contributed by atoms with van der Waals surface area (Å²) in [7, 11) is 0. The summed E-state index contributed by atoms with van der Waals surface area (Å²) in [6, 6.07) is 18.9. The lowest BCUT2D eigenvalue weighted by atomic mass is 9.91. The topological polar surface area (TPSA) is 51.2 Å². The van der Waals surface area contributed by atoms with Crippen molar-refractivity contribution in [3.8, 4) is 0 Å². The Hall–Kier alpha value is -2.81. The molecule has 1 aliphatic carbocycles. The fourth-order valence-electron chi connectivity index (χ4n) is 2.68. The van der Waals surface area contributed by atoms with Crippen molar-refractivity contribution in [3.63, 3.8) is 0 Å². The van der Waals surface area contributed by atoms with E-state index in [1.165, 1.54) is 0 Å². The first kappa shape index (κ1) is 14.1. The largest absolute Gasteiger partial charge is 0.290 e. The predicted octanol–water partition coefficient (Wildman–Crippen LogP) is 3.10. The molecule has 1 aliphatic rings. The lowest BCUT2D eigenvalue weighted by Crippen LogP contribution is -2.21. The minimum atomic E-state index is -0.889. The molecular weight excluding hydrogens is 276 g/mol. The van der Waals surface area contributed by atoms with Crippen LogP contribution in [0.15, 0.2) is 60.7 Å². The molecule has 2 aromatic rings. The maximum absolute atomic E-state index is 12.0. The molecule has 0 heterocycles. The standard InChI is InChI=1S/C19H14O3/c20-17-11-15(13-7-3-1-4-8-13)16(12-18(21)19(17)22)14-9-5-2-6-10-14/h1-10H,11-12H2. The van der Waals surface area contributed by atoms with Crippen LogP contribution >= 0.6 is 0 Å². The number of ketones is 3. The quantitative estimate of drug-likeness (QED) is 0.799. The summed E-state index contributed by atoms with van der Waals surface area (Å²) in [5.74, 6) is -2.15. The Balaban J connectivity index is 2.21. The van der Waals surface area contributed by atoms with Crippen molar-refractivity contribution in [2.24, 2.45) is 0 Å². The first-order valence-electron chi connectivity index (χ1n) is 7.10. The maximum Gasteiger partial charge on any atom is 0.264 e. The average Bonchev–Trinajstić information content (AvgIpc) is 2.68. The van der Waals surface area contributed by atoms with Crippen LogP contribution in [0, 0.1) is 0 Å². The molecule has 0 N–H and O–H groups in total. The minimum Gasteiger partial charge on any atom is -0.290 e. The summed E-state index contributed by atoms with van der Waals surface area (Å²) < 4.78 is 0. The average molecular weight is 290 g/mol. The molecule has 0 amide bonds. The van der Waals surface area contributed by atoms with E-state index in [-0.39, 0.29) is 12.8 Å². The van der Waals surface area contributed by atoms with Crippen LogP contribution in [0.1, 0.15) is 24.0 Å². The molecule has 22 heavy (non-hydrogen) atoms. The zero-order valence-corrected chi connectivity index (χ0v) is 11.9. The van der Waals surface area contributed by atoms with E-state index in [4.69, 9.17) is 0 Å². The molecule has 0 saturated heterocycles. The zero-order valence-electron chi connectivity index (χ0n) is 11.9. The Labute approximate surface area is 128 Å². The van der Waals surface area contributed by atoms with Crippen LogP contribution in [0.25, 0.3) is 11.1 Å². The maximum atomic E-state index is 12.0. The van der Waals surface area contributed by atoms with Crippen LogP contribution in [0.4, 0.5) is 0 Å². The number of Topliss-reactive ketones (excluding diaryl/α,β-unsaturated/α-hetero) is 3. The summed E-state index contributed by atoms with van der Waals surface area (Å²) in [5, 5.41) is 0. The van der Waals surface area contributed by atoms with Crippen molar-refractivity contribution in [1.29, 1.82) is 0 Å². The lowest BCUT2D eigenvalue weighted by molar-refractivity contribution is -0.143. The van der Waals surface area contributed by atoms with Gasteiger partial charge < -0.3 is 0 Å². The number of benzene rings is 2. The molecule has 0 aliphatic heterocycles. The monoisotopic (exact) mass is 290 g/mol. The second kappa shape index (κ2) is 5.90. The van der Waals surface area contributed by atoms with Gasteiger partial charge in [0.25, 0.3) is 5.78 Å². The first-order valence-corrected chi connectivity index (χ1v) is 7.10. The van der Waals surface area contributed by atoms with Gasteiger partial charge in [-0.25, -0.2) is 0 Å². The molecule has 108 valence electrons. The van der Waals surface area contributed by atoms with Gasteiger partial charge in [0, 0.05) is 12.8 Å². The second-order valence-electron chi connectivity index (χ2n) is 5.22. The van der Waals surface area contributed by atoms with Gasteiger partial charge in [-0.15, -0.1) is 0 Å². The van der Waals surface area contributed by atoms with Crippen LogP contribution in [0.3, 0.4) is 0 Å². The Morgan fingerprint density at radius 2 is 0.909 bits per heavy atom. The number of carbonyl (C=O) groups is 3. The third-order valence-corrected chi connectivity index (χ3v) is 3.79. The van der Waals surface area contributed by atoms with Crippen molar-refractivity contribution < 1.29 is 14.4 Å². The first-order chi connectivity index (χ1) is 10.7. The molecule has 0 spiro atoms. The van der Waals surface area contributed by atoms with Gasteiger partial charge in [0.1, 0.15) is 0 Å². The lowest BCUT2D eigenvalue weighted by Gasteiger charge is -2.12. The number of hydrogen-bond donors (Lipinski definition) is 0. The summed E-state index contributed by atoms with van der Waals surface area (Å²) >= 11 is 0. The third-order valence-electron chi connectivity index (χ3n) is 3.79. The summed E-state index contributed by atoms with van der Waals surface area (Å²) in [5.41, 5.74) is 3.27. The van der Waals surface area contributed by atoms with E-state index >= 15 is 0 Å². The summed E-state index contributed by atoms with van der Waals surface area (Å²) in [4.78, 5) is 35.7. The highest BCUT2D eigenvalue weighted by Crippen LogP contribution is 2.34. The molecule has 3 rings (SSSR count). The van der Waals surface area contributed by atoms with Crippen molar-refractivity contribution in [3.05, 3.63) is 71.8 Å². The van der Waals surface area contributed by atoms with Crippen LogP contribution in [0.5, 0.6) is 0 Å². The molecule has 3 heteroatoms. The normalized spacial score (nSPS) is 15.9. The van der Waals surface area contributed by atoms with Crippen LogP contribution < -0.4 is 0 Å². The highest BCUT2D eigenvalue weighted by atomic mass is 16.2. The van der Waals surface area contributed by atoms with E-state index in [1.807, 2.05) is 60.7 Å². The molecule has 2 aromatic carbocycles. The molecular formula is C19H14O3. The van der Waals surface area contributed by atoms with Gasteiger partial charge >= 0.3 is 0 Å². The highest BCUT2D eigenvalue weighted by Gasteiger charge is 2.30. The van der Waals surface area contributed by atoms with Gasteiger partial charge in [0.15, 0.2) is 0 Å². The van der Waals surface area contributed by atoms with Crippen molar-refractivity contribution in [2.75, 3.05) is 0 Å². The van der Waals surface area contributed by atoms with Crippen molar-refractivity contribution in [1.82, 2.24) is 0 Å². The van der Waals surface area contributed by atoms with Crippen LogP contribution in [0.2, 0.25) is 0 Å². The summed E-state index contributed by atoms with van der Waals surface area (Å²) in [6.07, 6.45) is -0.0579. The molecule has 0 atom stereocenters. The fourth-order valence-corrected chi connectivity index (χ4v) is 2.68. The molecule has 0 unspecified atom stereocenters. The molecule has 0 fully saturated rings. The van der Waals surface area contributed by atoms with E-state index in [0.29, 0.717) is 0 Å². The third kappa shape index (κ3) is 2.66. The van der Waals surface area contributed by atoms with Gasteiger partial charge in [-0.05, 0) is 22.3 Å². The van der Waals surface area contributed by atoms with Gasteiger partial charge in [-0.3, -0.25) is 14.4 Å². The van der Waals surface area contributed by atoms with Crippen LogP contribution in [-0.2, 0) is 14.4 Å². The fraction of sp³-hybridized carbons (Fsp3) is 0.105. The minimum absolute atomic E-state index is 0.0290. The van der Waals surface area contributed by atoms with E-state index in [9.17, 15) is 14.4 Å². The van der Waals surface area contributed by atoms with E-state index in [1.54, 1.807) is 0 Å². The van der Waals surface area contributed by atoms with Gasteiger partial charge in [-0.1, -0.05) is 60.7 Å². The smallest absolute Gasteiger partial charge is 0.264 e. The number of carbonyl (C=O) groups excluding carboxylic acids is 3. The Morgan fingerprint density at radius 1 is 0.545 bits per heavy atom. The van der Waals surface area contributed by atoms with E-state index < -0.39 is 17.3 Å². The van der Waals surface area contributed by atoms with Crippen molar-refractivity contribution in [2.45, 2.75) is 12.8 Å².